The van der Waals surface area contributed by atoms with Crippen molar-refractivity contribution in [3.05, 3.63) is 53.1 Å². The number of amides is 1. The lowest BCUT2D eigenvalue weighted by Gasteiger charge is -2.33. The van der Waals surface area contributed by atoms with Crippen molar-refractivity contribution in [1.82, 2.24) is 14.9 Å². The molecule has 1 aliphatic rings. The maximum Gasteiger partial charge on any atom is 0.410 e. The molecule has 1 aliphatic heterocycles. The molecule has 0 saturated carbocycles. The van der Waals surface area contributed by atoms with E-state index in [2.05, 4.69) is 9.97 Å². The maximum atomic E-state index is 12.2. The Hall–Kier alpha value is -3.16. The fourth-order valence-electron chi connectivity index (χ4n) is 3.66. The first kappa shape index (κ1) is 23.5. The van der Waals surface area contributed by atoms with Crippen molar-refractivity contribution in [2.24, 2.45) is 5.92 Å². The highest BCUT2D eigenvalue weighted by atomic mass is 16.6. The normalized spacial score (nSPS) is 14.8. The highest BCUT2D eigenvalue weighted by molar-refractivity contribution is 5.88. The Balaban J connectivity index is 1.64. The number of piperidine rings is 1. The lowest BCUT2D eigenvalue weighted by atomic mass is 9.93. The number of hydrogen-bond acceptors (Lipinski definition) is 6. The number of ether oxygens (including phenoxy) is 2. The second kappa shape index (κ2) is 9.97. The molecule has 1 saturated heterocycles. The molecular formula is C24H31N3O5. The van der Waals surface area contributed by atoms with Crippen LogP contribution in [0.2, 0.25) is 0 Å². The Labute approximate surface area is 188 Å². The Morgan fingerprint density at radius 1 is 1.12 bits per heavy atom. The van der Waals surface area contributed by atoms with Gasteiger partial charge in [-0.3, -0.25) is 0 Å². The van der Waals surface area contributed by atoms with E-state index in [0.717, 1.165) is 18.4 Å². The molecular weight excluding hydrogens is 410 g/mol. The number of carbonyl (C=O) groups excluding carboxylic acids is 1. The average molecular weight is 442 g/mol. The monoisotopic (exact) mass is 441 g/mol. The number of carbonyl (C=O) groups is 2. The van der Waals surface area contributed by atoms with Gasteiger partial charge in [0.1, 0.15) is 18.0 Å². The van der Waals surface area contributed by atoms with Crippen LogP contribution >= 0.6 is 0 Å². The largest absolute Gasteiger partial charge is 0.484 e. The molecule has 1 aromatic heterocycles. The quantitative estimate of drug-likeness (QED) is 0.715. The van der Waals surface area contributed by atoms with Gasteiger partial charge in [-0.25, -0.2) is 19.6 Å². The second-order valence-corrected chi connectivity index (χ2v) is 9.10. The molecule has 2 heterocycles. The summed E-state index contributed by atoms with van der Waals surface area (Å²) in [5.74, 6) is -0.182. The standard InChI is InChI=1S/C24H31N3O5/c1-16-21(31-15-18-8-6-5-7-9-18)20(22(28)29)26-19(25-16)14-17-10-12-27(13-11-17)23(30)32-24(2,3)4/h5-9,17H,10-15H2,1-4H3,(H,28,29). The first-order valence-corrected chi connectivity index (χ1v) is 10.9. The maximum absolute atomic E-state index is 12.2. The number of likely N-dealkylation sites (tertiary alicyclic amines) is 1. The van der Waals surface area contributed by atoms with Gasteiger partial charge in [-0.15, -0.1) is 0 Å². The number of rotatable bonds is 6. The van der Waals surface area contributed by atoms with E-state index in [1.807, 2.05) is 51.1 Å². The summed E-state index contributed by atoms with van der Waals surface area (Å²) >= 11 is 0. The molecule has 0 spiro atoms. The molecule has 8 heteroatoms. The van der Waals surface area contributed by atoms with Crippen LogP contribution in [0.4, 0.5) is 4.79 Å². The van der Waals surface area contributed by atoms with Crippen LogP contribution < -0.4 is 4.74 Å². The highest BCUT2D eigenvalue weighted by Crippen LogP contribution is 2.26. The second-order valence-electron chi connectivity index (χ2n) is 9.10. The summed E-state index contributed by atoms with van der Waals surface area (Å²) in [6, 6.07) is 9.53. The van der Waals surface area contributed by atoms with Crippen LogP contribution in [-0.2, 0) is 17.8 Å². The minimum atomic E-state index is -1.14. The molecule has 32 heavy (non-hydrogen) atoms. The molecule has 172 valence electrons. The summed E-state index contributed by atoms with van der Waals surface area (Å²) in [5.41, 5.74) is 0.810. The Bertz CT molecular complexity index is 948. The third-order valence-electron chi connectivity index (χ3n) is 5.25. The molecule has 2 aromatic rings. The van der Waals surface area contributed by atoms with Crippen molar-refractivity contribution in [2.75, 3.05) is 13.1 Å². The van der Waals surface area contributed by atoms with Crippen molar-refractivity contribution in [2.45, 2.75) is 59.2 Å². The first-order chi connectivity index (χ1) is 15.1. The highest BCUT2D eigenvalue weighted by Gasteiger charge is 2.28. The minimum absolute atomic E-state index is 0.116. The van der Waals surface area contributed by atoms with Gasteiger partial charge < -0.3 is 19.5 Å². The van der Waals surface area contributed by atoms with Crippen LogP contribution in [0.15, 0.2) is 30.3 Å². The lowest BCUT2D eigenvalue weighted by Crippen LogP contribution is -2.42. The van der Waals surface area contributed by atoms with Crippen molar-refractivity contribution in [3.63, 3.8) is 0 Å². The smallest absolute Gasteiger partial charge is 0.410 e. The first-order valence-electron chi connectivity index (χ1n) is 10.9. The van der Waals surface area contributed by atoms with Crippen LogP contribution in [0.5, 0.6) is 5.75 Å². The van der Waals surface area contributed by atoms with Gasteiger partial charge in [-0.1, -0.05) is 30.3 Å². The predicted molar refractivity (Wildman–Crippen MR) is 119 cm³/mol. The molecule has 1 fully saturated rings. The van der Waals surface area contributed by atoms with E-state index in [9.17, 15) is 14.7 Å². The third-order valence-corrected chi connectivity index (χ3v) is 5.25. The van der Waals surface area contributed by atoms with Gasteiger partial charge in [0.15, 0.2) is 11.4 Å². The summed E-state index contributed by atoms with van der Waals surface area (Å²) < 4.78 is 11.2. The van der Waals surface area contributed by atoms with Crippen LogP contribution in [0.3, 0.4) is 0 Å². The van der Waals surface area contributed by atoms with Gasteiger partial charge in [-0.05, 0) is 52.0 Å². The number of aryl methyl sites for hydroxylation is 1. The van der Waals surface area contributed by atoms with E-state index in [1.165, 1.54) is 0 Å². The van der Waals surface area contributed by atoms with E-state index in [-0.39, 0.29) is 30.1 Å². The number of carboxylic acids is 1. The number of carboxylic acid groups (broad SMARTS) is 1. The fraction of sp³-hybridized carbons (Fsp3) is 0.500. The van der Waals surface area contributed by atoms with E-state index < -0.39 is 11.6 Å². The average Bonchev–Trinajstić information content (AvgIpc) is 2.72. The van der Waals surface area contributed by atoms with Gasteiger partial charge in [0.05, 0.1) is 5.69 Å². The Morgan fingerprint density at radius 2 is 1.78 bits per heavy atom. The molecule has 0 atom stereocenters. The topological polar surface area (TPSA) is 102 Å². The van der Waals surface area contributed by atoms with Crippen molar-refractivity contribution in [3.8, 4) is 5.75 Å². The Kier molecular flexibility index (Phi) is 7.33. The van der Waals surface area contributed by atoms with Crippen molar-refractivity contribution in [1.29, 1.82) is 0 Å². The summed E-state index contributed by atoms with van der Waals surface area (Å²) in [6.07, 6.45) is 1.84. The van der Waals surface area contributed by atoms with Gasteiger partial charge in [0, 0.05) is 19.5 Å². The minimum Gasteiger partial charge on any atom is -0.484 e. The zero-order chi connectivity index (χ0) is 23.3. The molecule has 8 nitrogen and oxygen atoms in total. The Morgan fingerprint density at radius 3 is 2.38 bits per heavy atom. The molecule has 1 aromatic carbocycles. The van der Waals surface area contributed by atoms with Crippen LogP contribution in [0, 0.1) is 12.8 Å². The number of nitrogens with zero attached hydrogens (tertiary/aromatic N) is 3. The van der Waals surface area contributed by atoms with Crippen LogP contribution in [0.1, 0.15) is 61.2 Å². The lowest BCUT2D eigenvalue weighted by molar-refractivity contribution is 0.0183. The molecule has 0 bridgehead atoms. The van der Waals surface area contributed by atoms with Crippen molar-refractivity contribution < 1.29 is 24.2 Å². The molecule has 1 N–H and O–H groups in total. The van der Waals surface area contributed by atoms with Crippen molar-refractivity contribution >= 4 is 12.1 Å². The molecule has 1 amide bonds. The van der Waals surface area contributed by atoms with Gasteiger partial charge in [0.2, 0.25) is 0 Å². The van der Waals surface area contributed by atoms with Gasteiger partial charge >= 0.3 is 12.1 Å². The summed E-state index contributed by atoms with van der Waals surface area (Å²) in [6.45, 7) is 8.74. The zero-order valence-electron chi connectivity index (χ0n) is 19.1. The fourth-order valence-corrected chi connectivity index (χ4v) is 3.66. The van der Waals surface area contributed by atoms with Gasteiger partial charge in [-0.2, -0.15) is 0 Å². The summed E-state index contributed by atoms with van der Waals surface area (Å²) in [4.78, 5) is 34.6. The number of aromatic nitrogens is 2. The molecule has 3 rings (SSSR count). The van der Waals surface area contributed by atoms with E-state index >= 15 is 0 Å². The SMILES string of the molecule is Cc1nc(CC2CCN(C(=O)OC(C)(C)C)CC2)nc(C(=O)O)c1OCc1ccccc1. The van der Waals surface area contributed by atoms with Gasteiger partial charge in [0.25, 0.3) is 0 Å². The van der Waals surface area contributed by atoms with E-state index in [1.54, 1.807) is 11.8 Å². The third kappa shape index (κ3) is 6.42. The van der Waals surface area contributed by atoms with Crippen LogP contribution in [0.25, 0.3) is 0 Å². The van der Waals surface area contributed by atoms with Crippen LogP contribution in [-0.4, -0.2) is 50.7 Å². The molecule has 0 aliphatic carbocycles. The molecule has 0 radical (unpaired) electrons. The van der Waals surface area contributed by atoms with E-state index in [0.29, 0.717) is 31.0 Å². The summed E-state index contributed by atoms with van der Waals surface area (Å²) in [5, 5.41) is 9.68. The number of benzene rings is 1. The number of hydrogen-bond donors (Lipinski definition) is 1. The predicted octanol–water partition coefficient (Wildman–Crippen LogP) is 4.25. The molecule has 0 unspecified atom stereocenters. The summed E-state index contributed by atoms with van der Waals surface area (Å²) in [7, 11) is 0. The van der Waals surface area contributed by atoms with E-state index in [4.69, 9.17) is 9.47 Å². The zero-order valence-corrected chi connectivity index (χ0v) is 19.1. The number of aromatic carboxylic acids is 1.